The minimum Gasteiger partial charge on any atom is -0.369 e. The van der Waals surface area contributed by atoms with Crippen LogP contribution in [0.1, 0.15) is 34.1 Å². The summed E-state index contributed by atoms with van der Waals surface area (Å²) >= 11 is 3.66. The van der Waals surface area contributed by atoms with E-state index < -0.39 is 0 Å². The van der Waals surface area contributed by atoms with Gasteiger partial charge in [0.05, 0.1) is 0 Å². The second-order valence-corrected chi connectivity index (χ2v) is 6.39. The average Bonchev–Trinajstić information content (AvgIpc) is 2.37. The van der Waals surface area contributed by atoms with Crippen LogP contribution in [0.25, 0.3) is 0 Å². The summed E-state index contributed by atoms with van der Waals surface area (Å²) in [4.78, 5) is 11.2. The van der Waals surface area contributed by atoms with Crippen molar-refractivity contribution in [3.63, 3.8) is 0 Å². The van der Waals surface area contributed by atoms with Gasteiger partial charge in [0.2, 0.25) is 0 Å². The number of rotatable bonds is 3. The third-order valence-corrected chi connectivity index (χ3v) is 4.72. The highest BCUT2D eigenvalue weighted by Crippen LogP contribution is 2.36. The van der Waals surface area contributed by atoms with E-state index in [-0.39, 0.29) is 0 Å². The molecule has 1 saturated heterocycles. The molecule has 5 heteroatoms. The minimum absolute atomic E-state index is 0.511. The Balaban J connectivity index is 2.32. The molecule has 0 spiro atoms. The minimum atomic E-state index is 0.511. The van der Waals surface area contributed by atoms with Crippen molar-refractivity contribution in [3.8, 4) is 0 Å². The Morgan fingerprint density at radius 1 is 1.37 bits per heavy atom. The first-order chi connectivity index (χ1) is 9.04. The molecule has 106 valence electrons. The molecule has 3 unspecified atom stereocenters. The van der Waals surface area contributed by atoms with Crippen LogP contribution in [-0.4, -0.2) is 29.1 Å². The Kier molecular flexibility index (Phi) is 4.66. The molecule has 1 fully saturated rings. The number of hydrogen-bond acceptors (Lipinski definition) is 4. The molecule has 0 amide bonds. The summed E-state index contributed by atoms with van der Waals surface area (Å²) in [5.74, 6) is 3.28. The molecule has 0 bridgehead atoms. The summed E-state index contributed by atoms with van der Waals surface area (Å²) in [6.45, 7) is 10.9. The molecule has 1 aliphatic rings. The summed E-state index contributed by atoms with van der Waals surface area (Å²) < 4.78 is 0.977. The van der Waals surface area contributed by atoms with E-state index >= 15 is 0 Å². The van der Waals surface area contributed by atoms with Crippen molar-refractivity contribution in [2.24, 2.45) is 11.8 Å². The largest absolute Gasteiger partial charge is 0.369 e. The van der Waals surface area contributed by atoms with E-state index in [1.165, 1.54) is 6.42 Å². The normalized spacial score (nSPS) is 27.4. The molecule has 0 aliphatic carbocycles. The predicted molar refractivity (Wildman–Crippen MR) is 83.6 cm³/mol. The first-order valence-electron chi connectivity index (χ1n) is 7.05. The Morgan fingerprint density at radius 2 is 2.11 bits per heavy atom. The third kappa shape index (κ3) is 3.02. The molecule has 2 rings (SSSR count). The van der Waals surface area contributed by atoms with Crippen LogP contribution in [0.15, 0.2) is 10.8 Å². The van der Waals surface area contributed by atoms with Gasteiger partial charge in [0, 0.05) is 19.1 Å². The standard InChI is InChI=1S/C14H23BrN4/c1-5-16-13-12(15)14(18-8-17-13)19-7-9(2)6-10(3)11(19)4/h8-11H,5-7H2,1-4H3,(H,16,17,18). The van der Waals surface area contributed by atoms with E-state index in [4.69, 9.17) is 0 Å². The van der Waals surface area contributed by atoms with Crippen molar-refractivity contribution in [1.29, 1.82) is 0 Å². The molecule has 1 aromatic rings. The second kappa shape index (κ2) is 6.07. The van der Waals surface area contributed by atoms with Crippen molar-refractivity contribution < 1.29 is 0 Å². The summed E-state index contributed by atoms with van der Waals surface area (Å²) in [6.07, 6.45) is 2.94. The Morgan fingerprint density at radius 3 is 2.79 bits per heavy atom. The maximum Gasteiger partial charge on any atom is 0.148 e. The van der Waals surface area contributed by atoms with Gasteiger partial charge in [-0.1, -0.05) is 13.8 Å². The number of piperidine rings is 1. The van der Waals surface area contributed by atoms with Crippen LogP contribution in [0, 0.1) is 11.8 Å². The van der Waals surface area contributed by atoms with E-state index in [0.717, 1.165) is 29.2 Å². The molecule has 1 aliphatic heterocycles. The highest BCUT2D eigenvalue weighted by molar-refractivity contribution is 9.10. The van der Waals surface area contributed by atoms with Crippen LogP contribution in [-0.2, 0) is 0 Å². The fourth-order valence-electron chi connectivity index (χ4n) is 2.85. The molecule has 3 atom stereocenters. The van der Waals surface area contributed by atoms with Crippen LogP contribution in [0.3, 0.4) is 0 Å². The summed E-state index contributed by atoms with van der Waals surface area (Å²) in [6, 6.07) is 0.511. The van der Waals surface area contributed by atoms with Crippen molar-refractivity contribution >= 4 is 27.6 Å². The van der Waals surface area contributed by atoms with Gasteiger partial charge in [-0.15, -0.1) is 0 Å². The maximum absolute atomic E-state index is 4.49. The van der Waals surface area contributed by atoms with Crippen LogP contribution in [0.5, 0.6) is 0 Å². The predicted octanol–water partition coefficient (Wildman–Crippen LogP) is 3.54. The van der Waals surface area contributed by atoms with Gasteiger partial charge in [-0.3, -0.25) is 0 Å². The lowest BCUT2D eigenvalue weighted by Gasteiger charge is -2.42. The highest BCUT2D eigenvalue weighted by Gasteiger charge is 2.31. The van der Waals surface area contributed by atoms with Gasteiger partial charge in [-0.25, -0.2) is 9.97 Å². The fourth-order valence-corrected chi connectivity index (χ4v) is 3.42. The van der Waals surface area contributed by atoms with E-state index in [1.807, 2.05) is 0 Å². The molecule has 19 heavy (non-hydrogen) atoms. The van der Waals surface area contributed by atoms with Gasteiger partial charge in [-0.05, 0) is 48.0 Å². The zero-order valence-electron chi connectivity index (χ0n) is 12.2. The number of halogens is 1. The van der Waals surface area contributed by atoms with Crippen molar-refractivity contribution in [2.45, 2.75) is 40.2 Å². The molecule has 1 aromatic heterocycles. The maximum atomic E-state index is 4.49. The van der Waals surface area contributed by atoms with Gasteiger partial charge >= 0.3 is 0 Å². The summed E-state index contributed by atoms with van der Waals surface area (Å²) in [5, 5.41) is 3.27. The van der Waals surface area contributed by atoms with Crippen LogP contribution in [0.2, 0.25) is 0 Å². The van der Waals surface area contributed by atoms with Crippen LogP contribution in [0.4, 0.5) is 11.6 Å². The molecule has 0 radical (unpaired) electrons. The topological polar surface area (TPSA) is 41.1 Å². The highest BCUT2D eigenvalue weighted by atomic mass is 79.9. The molecule has 2 heterocycles. The SMILES string of the molecule is CCNc1ncnc(N2CC(C)CC(C)C2C)c1Br. The van der Waals surface area contributed by atoms with Crippen LogP contribution >= 0.6 is 15.9 Å². The number of aromatic nitrogens is 2. The number of hydrogen-bond donors (Lipinski definition) is 1. The Bertz CT molecular complexity index is 437. The molecule has 0 saturated carbocycles. The monoisotopic (exact) mass is 326 g/mol. The first-order valence-corrected chi connectivity index (χ1v) is 7.84. The Hall–Kier alpha value is -0.840. The zero-order valence-corrected chi connectivity index (χ0v) is 13.7. The van der Waals surface area contributed by atoms with Crippen molar-refractivity contribution in [2.75, 3.05) is 23.3 Å². The number of anilines is 2. The van der Waals surface area contributed by atoms with Gasteiger partial charge in [0.25, 0.3) is 0 Å². The van der Waals surface area contributed by atoms with E-state index in [2.05, 4.69) is 63.8 Å². The average molecular weight is 327 g/mol. The number of nitrogens with zero attached hydrogens (tertiary/aromatic N) is 3. The molecular formula is C14H23BrN4. The van der Waals surface area contributed by atoms with E-state index in [9.17, 15) is 0 Å². The molecule has 0 aromatic carbocycles. The van der Waals surface area contributed by atoms with Gasteiger partial charge in [-0.2, -0.15) is 0 Å². The zero-order chi connectivity index (χ0) is 14.0. The van der Waals surface area contributed by atoms with Crippen molar-refractivity contribution in [3.05, 3.63) is 10.8 Å². The smallest absolute Gasteiger partial charge is 0.148 e. The first kappa shape index (κ1) is 14.6. The molecular weight excluding hydrogens is 304 g/mol. The number of nitrogens with one attached hydrogen (secondary N) is 1. The third-order valence-electron chi connectivity index (χ3n) is 3.99. The molecule has 1 N–H and O–H groups in total. The van der Waals surface area contributed by atoms with Gasteiger partial charge in [0.1, 0.15) is 22.4 Å². The lowest BCUT2D eigenvalue weighted by atomic mass is 9.86. The summed E-state index contributed by atoms with van der Waals surface area (Å²) in [7, 11) is 0. The van der Waals surface area contributed by atoms with E-state index in [0.29, 0.717) is 17.9 Å². The lowest BCUT2D eigenvalue weighted by molar-refractivity contribution is 0.295. The molecule has 4 nitrogen and oxygen atoms in total. The second-order valence-electron chi connectivity index (χ2n) is 5.60. The quantitative estimate of drug-likeness (QED) is 0.922. The van der Waals surface area contributed by atoms with Gasteiger partial charge in [0.15, 0.2) is 0 Å². The van der Waals surface area contributed by atoms with Gasteiger partial charge < -0.3 is 10.2 Å². The van der Waals surface area contributed by atoms with E-state index in [1.54, 1.807) is 6.33 Å². The van der Waals surface area contributed by atoms with Crippen LogP contribution < -0.4 is 10.2 Å². The fraction of sp³-hybridized carbons (Fsp3) is 0.714. The lowest BCUT2D eigenvalue weighted by Crippen LogP contribution is -2.46. The summed E-state index contributed by atoms with van der Waals surface area (Å²) in [5.41, 5.74) is 0. The van der Waals surface area contributed by atoms with Crippen molar-refractivity contribution in [1.82, 2.24) is 9.97 Å². The Labute approximate surface area is 124 Å².